The molecule has 0 saturated carbocycles. The minimum Gasteiger partial charge on any atom is -0.465 e. The third-order valence-electron chi connectivity index (χ3n) is 8.13. The number of rotatable bonds is 7. The summed E-state index contributed by atoms with van der Waals surface area (Å²) in [7, 11) is 3.83. The summed E-state index contributed by atoms with van der Waals surface area (Å²) in [6.07, 6.45) is 5.47. The van der Waals surface area contributed by atoms with Gasteiger partial charge in [0.05, 0.1) is 32.3 Å². The maximum absolute atomic E-state index is 13.9. The molecule has 1 unspecified atom stereocenters. The molecule has 0 amide bonds. The van der Waals surface area contributed by atoms with Gasteiger partial charge in [0.15, 0.2) is 6.20 Å². The van der Waals surface area contributed by atoms with Gasteiger partial charge in [0.2, 0.25) is 5.52 Å². The number of pyridine rings is 1. The van der Waals surface area contributed by atoms with Crippen LogP contribution in [-0.4, -0.2) is 39.2 Å². The summed E-state index contributed by atoms with van der Waals surface area (Å²) in [5.74, 6) is -3.09. The molecule has 1 aromatic heterocycles. The Morgan fingerprint density at radius 3 is 2.15 bits per heavy atom. The molecule has 7 nitrogen and oxygen atoms in total. The number of fused-ring (bicyclic) bond motifs is 4. The van der Waals surface area contributed by atoms with Crippen LogP contribution in [0.25, 0.3) is 39.9 Å². The molecule has 0 bridgehead atoms. The van der Waals surface area contributed by atoms with E-state index in [1.807, 2.05) is 72.8 Å². The molecule has 5 aromatic rings. The van der Waals surface area contributed by atoms with Crippen molar-refractivity contribution in [3.63, 3.8) is 0 Å². The number of carbonyl (C=O) groups is 3. The number of benzene rings is 4. The zero-order valence-corrected chi connectivity index (χ0v) is 25.3. The highest BCUT2D eigenvalue weighted by Crippen LogP contribution is 2.50. The molecule has 0 N–H and O–H groups in total. The van der Waals surface area contributed by atoms with Gasteiger partial charge in [0.1, 0.15) is 11.4 Å². The number of halogens is 1. The summed E-state index contributed by atoms with van der Waals surface area (Å²) in [6.45, 7) is 0. The number of esters is 3. The molecule has 8 heteroatoms. The summed E-state index contributed by atoms with van der Waals surface area (Å²) in [5.41, 5.74) is 5.36. The van der Waals surface area contributed by atoms with Crippen molar-refractivity contribution >= 4 is 46.7 Å². The number of aromatic nitrogens is 1. The SMILES string of the molecule is COC(=O)/C(=C(/C(=O)OC)[n+]1ccc(/C=C/c2ccc(F)cc2)c2ccccc21)C1c2ccccc2-c2c(C(=O)OC)cccc21. The smallest absolute Gasteiger partial charge is 0.404 e. The molecule has 1 aliphatic carbocycles. The largest absolute Gasteiger partial charge is 0.465 e. The number of hydrogen-bond acceptors (Lipinski definition) is 6. The predicted molar refractivity (Wildman–Crippen MR) is 172 cm³/mol. The molecular weight excluding hydrogens is 585 g/mol. The molecule has 4 aromatic carbocycles. The third kappa shape index (κ3) is 5.24. The molecule has 1 atom stereocenters. The van der Waals surface area contributed by atoms with E-state index < -0.39 is 23.8 Å². The van der Waals surface area contributed by atoms with Crippen LogP contribution in [0.1, 0.15) is 38.5 Å². The van der Waals surface area contributed by atoms with Gasteiger partial charge in [-0.3, -0.25) is 0 Å². The van der Waals surface area contributed by atoms with E-state index in [-0.39, 0.29) is 17.1 Å². The van der Waals surface area contributed by atoms with Gasteiger partial charge in [0, 0.05) is 23.6 Å². The Labute approximate surface area is 264 Å². The van der Waals surface area contributed by atoms with Crippen LogP contribution in [0.15, 0.2) is 109 Å². The number of para-hydroxylation sites is 1. The van der Waals surface area contributed by atoms with Crippen molar-refractivity contribution in [2.45, 2.75) is 5.92 Å². The molecule has 1 aliphatic rings. The molecule has 228 valence electrons. The Morgan fingerprint density at radius 2 is 1.41 bits per heavy atom. The highest BCUT2D eigenvalue weighted by molar-refractivity contribution is 6.16. The van der Waals surface area contributed by atoms with E-state index in [0.717, 1.165) is 27.6 Å². The summed E-state index contributed by atoms with van der Waals surface area (Å²) in [5, 5.41) is 0.786. The van der Waals surface area contributed by atoms with Crippen LogP contribution in [0.2, 0.25) is 0 Å². The van der Waals surface area contributed by atoms with Crippen molar-refractivity contribution in [2.24, 2.45) is 0 Å². The standard InChI is InChI=1S/C38H29FNO6/c1-44-36(41)30-13-8-12-29-32(30)27-10-4-5-11-28(27)33(29)34(37(42)45-2)35(38(43)46-3)40-22-21-24(26-9-6-7-14-31(26)40)18-15-23-16-19-25(39)20-17-23/h4-22,33H,1-3H3/q+1/b18-15+,35-34-. The van der Waals surface area contributed by atoms with E-state index in [1.54, 1.807) is 35.0 Å². The summed E-state index contributed by atoms with van der Waals surface area (Å²) in [4.78, 5) is 40.6. The lowest BCUT2D eigenvalue weighted by Gasteiger charge is -2.18. The molecule has 6 rings (SSSR count). The second-order valence-electron chi connectivity index (χ2n) is 10.6. The molecule has 0 radical (unpaired) electrons. The topological polar surface area (TPSA) is 82.8 Å². The maximum atomic E-state index is 13.9. The molecule has 0 aliphatic heterocycles. The van der Waals surface area contributed by atoms with E-state index in [1.165, 1.54) is 33.5 Å². The lowest BCUT2D eigenvalue weighted by Crippen LogP contribution is -2.40. The van der Waals surface area contributed by atoms with Gasteiger partial charge < -0.3 is 14.2 Å². The summed E-state index contributed by atoms with van der Waals surface area (Å²) in [6, 6.07) is 28.1. The van der Waals surface area contributed by atoms with Crippen LogP contribution in [0.4, 0.5) is 4.39 Å². The first-order valence-electron chi connectivity index (χ1n) is 14.5. The zero-order chi connectivity index (χ0) is 32.4. The Bertz CT molecular complexity index is 2080. The van der Waals surface area contributed by atoms with Gasteiger partial charge >= 0.3 is 23.6 Å². The van der Waals surface area contributed by atoms with E-state index >= 15 is 0 Å². The predicted octanol–water partition coefficient (Wildman–Crippen LogP) is 6.59. The zero-order valence-electron chi connectivity index (χ0n) is 25.3. The van der Waals surface area contributed by atoms with Crippen LogP contribution in [0.3, 0.4) is 0 Å². The molecule has 0 spiro atoms. The first kappa shape index (κ1) is 30.1. The van der Waals surface area contributed by atoms with Gasteiger partial charge in [-0.2, -0.15) is 4.57 Å². The summed E-state index contributed by atoms with van der Waals surface area (Å²) >= 11 is 0. The highest BCUT2D eigenvalue weighted by Gasteiger charge is 2.44. The Kier molecular flexibility index (Phi) is 8.27. The fourth-order valence-corrected chi connectivity index (χ4v) is 6.10. The third-order valence-corrected chi connectivity index (χ3v) is 8.13. The lowest BCUT2D eigenvalue weighted by atomic mass is 9.87. The Balaban J connectivity index is 1.63. The van der Waals surface area contributed by atoms with Crippen molar-refractivity contribution in [2.75, 3.05) is 21.3 Å². The van der Waals surface area contributed by atoms with Crippen molar-refractivity contribution in [3.05, 3.63) is 142 Å². The van der Waals surface area contributed by atoms with Gasteiger partial charge in [-0.25, -0.2) is 18.8 Å². The van der Waals surface area contributed by atoms with Gasteiger partial charge in [-0.1, -0.05) is 72.8 Å². The van der Waals surface area contributed by atoms with Crippen molar-refractivity contribution in [1.82, 2.24) is 0 Å². The van der Waals surface area contributed by atoms with Crippen LogP contribution >= 0.6 is 0 Å². The van der Waals surface area contributed by atoms with Crippen LogP contribution in [0.5, 0.6) is 0 Å². The fourth-order valence-electron chi connectivity index (χ4n) is 6.10. The summed E-state index contributed by atoms with van der Waals surface area (Å²) < 4.78 is 30.8. The number of nitrogens with zero attached hydrogens (tertiary/aromatic N) is 1. The quantitative estimate of drug-likeness (QED) is 0.0890. The minimum atomic E-state index is -0.776. The van der Waals surface area contributed by atoms with Gasteiger partial charge in [-0.05, 0) is 52.1 Å². The van der Waals surface area contributed by atoms with Crippen LogP contribution in [0, 0.1) is 5.82 Å². The average Bonchev–Trinajstić information content (AvgIpc) is 3.43. The lowest BCUT2D eigenvalue weighted by molar-refractivity contribution is -0.550. The number of ether oxygens (including phenoxy) is 3. The molecule has 46 heavy (non-hydrogen) atoms. The first-order valence-corrected chi connectivity index (χ1v) is 14.5. The number of methoxy groups -OCH3 is 3. The molecule has 1 heterocycles. The average molecular weight is 615 g/mol. The molecule has 0 fully saturated rings. The van der Waals surface area contributed by atoms with E-state index in [9.17, 15) is 18.8 Å². The second-order valence-corrected chi connectivity index (χ2v) is 10.6. The van der Waals surface area contributed by atoms with E-state index in [2.05, 4.69) is 0 Å². The highest BCUT2D eigenvalue weighted by atomic mass is 19.1. The van der Waals surface area contributed by atoms with Crippen molar-refractivity contribution in [3.8, 4) is 11.1 Å². The van der Waals surface area contributed by atoms with Crippen LogP contribution < -0.4 is 4.57 Å². The van der Waals surface area contributed by atoms with Crippen molar-refractivity contribution < 1.29 is 37.6 Å². The minimum absolute atomic E-state index is 0.0317. The first-order chi connectivity index (χ1) is 22.4. The molecule has 0 saturated heterocycles. The normalized spacial score (nSPS) is 14.0. The van der Waals surface area contributed by atoms with E-state index in [0.29, 0.717) is 22.2 Å². The second kappa shape index (κ2) is 12.6. The fraction of sp³-hybridized carbons (Fsp3) is 0.105. The van der Waals surface area contributed by atoms with E-state index in [4.69, 9.17) is 14.2 Å². The Hall–Kier alpha value is -5.89. The monoisotopic (exact) mass is 614 g/mol. The van der Waals surface area contributed by atoms with Crippen molar-refractivity contribution in [1.29, 1.82) is 0 Å². The number of carbonyl (C=O) groups excluding carboxylic acids is 3. The van der Waals surface area contributed by atoms with Gasteiger partial charge in [-0.15, -0.1) is 0 Å². The Morgan fingerprint density at radius 1 is 0.717 bits per heavy atom. The number of hydrogen-bond donors (Lipinski definition) is 0. The molecular formula is C38H29FNO6+. The van der Waals surface area contributed by atoms with Gasteiger partial charge in [0.25, 0.3) is 0 Å². The maximum Gasteiger partial charge on any atom is 0.404 e. The van der Waals surface area contributed by atoms with Crippen LogP contribution in [-0.2, 0) is 23.8 Å².